The van der Waals surface area contributed by atoms with Gasteiger partial charge < -0.3 is 10.3 Å². The molecule has 0 aliphatic heterocycles. The van der Waals surface area contributed by atoms with Gasteiger partial charge in [-0.05, 0) is 70.2 Å². The van der Waals surface area contributed by atoms with Crippen molar-refractivity contribution in [2.24, 2.45) is 0 Å². The molecule has 0 saturated heterocycles. The zero-order valence-corrected chi connectivity index (χ0v) is 18.5. The van der Waals surface area contributed by atoms with E-state index in [0.717, 1.165) is 4.31 Å². The monoisotopic (exact) mass is 445 g/mol. The average molecular weight is 446 g/mol. The van der Waals surface area contributed by atoms with Gasteiger partial charge in [0.05, 0.1) is 10.6 Å². The molecule has 164 valence electrons. The van der Waals surface area contributed by atoms with Crippen LogP contribution in [-0.2, 0) is 10.0 Å². The van der Waals surface area contributed by atoms with Crippen molar-refractivity contribution in [3.63, 3.8) is 0 Å². The van der Waals surface area contributed by atoms with E-state index in [9.17, 15) is 22.4 Å². The van der Waals surface area contributed by atoms with E-state index >= 15 is 0 Å². The van der Waals surface area contributed by atoms with Crippen LogP contribution in [0.3, 0.4) is 0 Å². The summed E-state index contributed by atoms with van der Waals surface area (Å²) in [5.74, 6) is -1.03. The first-order valence-corrected chi connectivity index (χ1v) is 11.1. The van der Waals surface area contributed by atoms with Gasteiger partial charge in [-0.2, -0.15) is 0 Å². The molecule has 9 heteroatoms. The van der Waals surface area contributed by atoms with Crippen molar-refractivity contribution in [1.82, 2.24) is 10.3 Å². The Hall–Kier alpha value is -3.20. The third-order valence-electron chi connectivity index (χ3n) is 4.58. The summed E-state index contributed by atoms with van der Waals surface area (Å²) in [6.07, 6.45) is 1.32. The maximum atomic E-state index is 13.3. The maximum absolute atomic E-state index is 13.3. The molecule has 0 saturated carbocycles. The number of aromatic amines is 1. The van der Waals surface area contributed by atoms with Crippen molar-refractivity contribution in [1.29, 1.82) is 0 Å². The molecule has 0 spiro atoms. The molecule has 0 aliphatic carbocycles. The van der Waals surface area contributed by atoms with Crippen molar-refractivity contribution in [3.8, 4) is 0 Å². The van der Waals surface area contributed by atoms with Gasteiger partial charge in [0, 0.05) is 29.2 Å². The molecule has 31 heavy (non-hydrogen) atoms. The Bertz CT molecular complexity index is 1290. The number of sulfonamides is 1. The van der Waals surface area contributed by atoms with Gasteiger partial charge in [0.15, 0.2) is 0 Å². The van der Waals surface area contributed by atoms with Crippen LogP contribution in [0.5, 0.6) is 0 Å². The van der Waals surface area contributed by atoms with E-state index in [1.807, 2.05) is 0 Å². The summed E-state index contributed by atoms with van der Waals surface area (Å²) >= 11 is 0. The molecule has 0 atom stereocenters. The first-order valence-electron chi connectivity index (χ1n) is 9.70. The topological polar surface area (TPSA) is 99.3 Å². The van der Waals surface area contributed by atoms with Gasteiger partial charge in [0.25, 0.3) is 15.9 Å². The number of carbonyl (C=O) groups excluding carboxylic acids is 1. The highest BCUT2D eigenvalue weighted by Gasteiger charge is 2.25. The zero-order chi connectivity index (χ0) is 23.0. The summed E-state index contributed by atoms with van der Waals surface area (Å²) in [6, 6.07) is 9.22. The summed E-state index contributed by atoms with van der Waals surface area (Å²) in [4.78, 5) is 28.2. The normalized spacial score (nSPS) is 12.0. The SMILES string of the molecule is CCN(c1ccc(F)cc1)S(=O)(=O)c1ccc2[nH]cc(C(=O)NC(C)(C)C)c(=O)c2c1. The fourth-order valence-corrected chi connectivity index (χ4v) is 4.66. The third kappa shape index (κ3) is 4.61. The molecule has 2 aromatic carbocycles. The van der Waals surface area contributed by atoms with E-state index in [4.69, 9.17) is 0 Å². The quantitative estimate of drug-likeness (QED) is 0.629. The Balaban J connectivity index is 2.10. The number of nitrogens with zero attached hydrogens (tertiary/aromatic N) is 1. The summed E-state index contributed by atoms with van der Waals surface area (Å²) in [6.45, 7) is 7.14. The van der Waals surface area contributed by atoms with Crippen molar-refractivity contribution in [3.05, 3.63) is 70.3 Å². The number of anilines is 1. The van der Waals surface area contributed by atoms with Crippen LogP contribution in [0, 0.1) is 5.82 Å². The Kier molecular flexibility index (Phi) is 5.91. The highest BCUT2D eigenvalue weighted by atomic mass is 32.2. The van der Waals surface area contributed by atoms with Crippen LogP contribution in [0.25, 0.3) is 10.9 Å². The van der Waals surface area contributed by atoms with Crippen molar-refractivity contribution in [2.75, 3.05) is 10.8 Å². The van der Waals surface area contributed by atoms with Gasteiger partial charge in [0.1, 0.15) is 11.4 Å². The van der Waals surface area contributed by atoms with Crippen LogP contribution >= 0.6 is 0 Å². The molecule has 0 radical (unpaired) electrons. The highest BCUT2D eigenvalue weighted by Crippen LogP contribution is 2.25. The molecule has 2 N–H and O–H groups in total. The Morgan fingerprint density at radius 1 is 1.13 bits per heavy atom. The van der Waals surface area contributed by atoms with Crippen LogP contribution in [0.1, 0.15) is 38.1 Å². The van der Waals surface area contributed by atoms with Crippen molar-refractivity contribution in [2.45, 2.75) is 38.1 Å². The molecule has 0 fully saturated rings. The lowest BCUT2D eigenvalue weighted by molar-refractivity contribution is 0.0918. The summed E-state index contributed by atoms with van der Waals surface area (Å²) in [5.41, 5.74) is -0.516. The first kappa shape index (κ1) is 22.5. The number of rotatable bonds is 5. The second-order valence-electron chi connectivity index (χ2n) is 8.09. The second-order valence-corrected chi connectivity index (χ2v) is 9.95. The summed E-state index contributed by atoms with van der Waals surface area (Å²) in [5, 5.41) is 2.80. The molecule has 3 rings (SSSR count). The van der Waals surface area contributed by atoms with E-state index in [1.165, 1.54) is 48.7 Å². The van der Waals surface area contributed by atoms with Crippen LogP contribution in [0.4, 0.5) is 10.1 Å². The number of hydrogen-bond acceptors (Lipinski definition) is 4. The molecule has 1 amide bonds. The summed E-state index contributed by atoms with van der Waals surface area (Å²) in [7, 11) is -4.03. The maximum Gasteiger partial charge on any atom is 0.264 e. The smallest absolute Gasteiger partial charge is 0.264 e. The molecule has 3 aromatic rings. The second kappa shape index (κ2) is 8.14. The van der Waals surface area contributed by atoms with Gasteiger partial charge in [-0.15, -0.1) is 0 Å². The summed E-state index contributed by atoms with van der Waals surface area (Å²) < 4.78 is 40.9. The van der Waals surface area contributed by atoms with Gasteiger partial charge >= 0.3 is 0 Å². The van der Waals surface area contributed by atoms with E-state index < -0.39 is 32.7 Å². The standard InChI is InChI=1S/C22H24FN3O4S/c1-5-26(15-8-6-14(23)7-9-15)31(29,30)16-10-11-19-17(12-16)20(27)18(13-24-19)21(28)25-22(2,3)4/h6-13H,5H2,1-4H3,(H,24,27)(H,25,28). The molecule has 0 bridgehead atoms. The number of amides is 1. The first-order chi connectivity index (χ1) is 14.4. The lowest BCUT2D eigenvalue weighted by Crippen LogP contribution is -2.42. The number of H-pyrrole nitrogens is 1. The number of nitrogens with one attached hydrogen (secondary N) is 2. The van der Waals surface area contributed by atoms with Gasteiger partial charge in [-0.3, -0.25) is 13.9 Å². The molecule has 1 aromatic heterocycles. The molecule has 7 nitrogen and oxygen atoms in total. The molecular formula is C22H24FN3O4S. The molecule has 0 unspecified atom stereocenters. The van der Waals surface area contributed by atoms with Crippen LogP contribution in [0.15, 0.2) is 58.4 Å². The fraction of sp³-hybridized carbons (Fsp3) is 0.273. The minimum atomic E-state index is -4.03. The Morgan fingerprint density at radius 3 is 2.35 bits per heavy atom. The number of benzene rings is 2. The Labute approximate surface area is 180 Å². The number of aromatic nitrogens is 1. The minimum Gasteiger partial charge on any atom is -0.360 e. The van der Waals surface area contributed by atoms with E-state index in [-0.39, 0.29) is 22.4 Å². The number of pyridine rings is 1. The van der Waals surface area contributed by atoms with Gasteiger partial charge in [-0.25, -0.2) is 12.8 Å². The lowest BCUT2D eigenvalue weighted by Gasteiger charge is -2.23. The largest absolute Gasteiger partial charge is 0.360 e. The van der Waals surface area contributed by atoms with Crippen molar-refractivity contribution >= 4 is 32.5 Å². The predicted molar refractivity (Wildman–Crippen MR) is 118 cm³/mol. The fourth-order valence-electron chi connectivity index (χ4n) is 3.16. The zero-order valence-electron chi connectivity index (χ0n) is 17.7. The molecule has 1 heterocycles. The Morgan fingerprint density at radius 2 is 1.77 bits per heavy atom. The van der Waals surface area contributed by atoms with Crippen LogP contribution in [-0.4, -0.2) is 31.4 Å². The van der Waals surface area contributed by atoms with Crippen LogP contribution in [0.2, 0.25) is 0 Å². The van der Waals surface area contributed by atoms with Crippen LogP contribution < -0.4 is 15.1 Å². The average Bonchev–Trinajstić information content (AvgIpc) is 2.68. The highest BCUT2D eigenvalue weighted by molar-refractivity contribution is 7.92. The lowest BCUT2D eigenvalue weighted by atomic mass is 10.1. The minimum absolute atomic E-state index is 0.0813. The number of hydrogen-bond donors (Lipinski definition) is 2. The molecular weight excluding hydrogens is 421 g/mol. The molecule has 0 aliphatic rings. The number of halogens is 1. The van der Waals surface area contributed by atoms with Gasteiger partial charge in [0.2, 0.25) is 5.43 Å². The third-order valence-corrected chi connectivity index (χ3v) is 6.47. The van der Waals surface area contributed by atoms with E-state index in [0.29, 0.717) is 11.2 Å². The van der Waals surface area contributed by atoms with E-state index in [2.05, 4.69) is 10.3 Å². The van der Waals surface area contributed by atoms with E-state index in [1.54, 1.807) is 27.7 Å². The van der Waals surface area contributed by atoms with Crippen molar-refractivity contribution < 1.29 is 17.6 Å². The number of carbonyl (C=O) groups is 1. The predicted octanol–water partition coefficient (Wildman–Crippen LogP) is 3.41. The number of fused-ring (bicyclic) bond motifs is 1. The van der Waals surface area contributed by atoms with Gasteiger partial charge in [-0.1, -0.05) is 0 Å².